The molecular formula is C25H29F3O5. The predicted octanol–water partition coefficient (Wildman–Crippen LogP) is 5.26. The van der Waals surface area contributed by atoms with Crippen LogP contribution in [-0.4, -0.2) is 37.4 Å². The third-order valence-electron chi connectivity index (χ3n) is 6.61. The number of hydrogen-bond donors (Lipinski definition) is 0. The molecule has 1 saturated heterocycles. The SMILES string of the molecule is C=C1C(=O)OC2CC(C(C)CCC(C)OC(=O)C(OC)(c3ccccc3)C(F)(F)F)=CCC12. The zero-order valence-electron chi connectivity index (χ0n) is 19.0. The van der Waals surface area contributed by atoms with E-state index in [4.69, 9.17) is 14.2 Å². The number of fused-ring (bicyclic) bond motifs is 1. The number of rotatable bonds is 8. The van der Waals surface area contributed by atoms with E-state index in [-0.39, 0.29) is 29.5 Å². The molecule has 1 aromatic rings. The number of halogens is 3. The lowest BCUT2D eigenvalue weighted by atomic mass is 9.79. The molecule has 1 aliphatic heterocycles. The van der Waals surface area contributed by atoms with Crippen molar-refractivity contribution in [2.75, 3.05) is 7.11 Å². The van der Waals surface area contributed by atoms with Gasteiger partial charge < -0.3 is 14.2 Å². The molecule has 0 amide bonds. The van der Waals surface area contributed by atoms with E-state index in [0.717, 1.165) is 12.7 Å². The first kappa shape index (κ1) is 25.0. The first-order valence-corrected chi connectivity index (χ1v) is 11.0. The number of allylic oxidation sites excluding steroid dienone is 1. The summed E-state index contributed by atoms with van der Waals surface area (Å²) in [4.78, 5) is 24.5. The second-order valence-electron chi connectivity index (χ2n) is 8.74. The van der Waals surface area contributed by atoms with E-state index >= 15 is 0 Å². The maximum Gasteiger partial charge on any atom is 0.432 e. The fourth-order valence-corrected chi connectivity index (χ4v) is 4.53. The molecule has 0 radical (unpaired) electrons. The van der Waals surface area contributed by atoms with Crippen LogP contribution >= 0.6 is 0 Å². The van der Waals surface area contributed by atoms with Crippen LogP contribution in [0.1, 0.15) is 45.1 Å². The standard InChI is InChI=1S/C25H29F3O5/c1-15(18-12-13-20-17(3)22(29)33-21(20)14-18)10-11-16(2)32-23(30)24(31-4,25(26,27)28)19-8-6-5-7-9-19/h5-9,12,15-16,20-21H,3,10-11,13-14H2,1-2,4H3. The van der Waals surface area contributed by atoms with Gasteiger partial charge in [-0.05, 0) is 32.1 Å². The summed E-state index contributed by atoms with van der Waals surface area (Å²) in [7, 11) is 0.849. The number of hydrogen-bond acceptors (Lipinski definition) is 5. The second kappa shape index (κ2) is 9.71. The minimum atomic E-state index is -5.00. The van der Waals surface area contributed by atoms with Crippen LogP contribution in [0.2, 0.25) is 0 Å². The average Bonchev–Trinajstić information content (AvgIpc) is 3.05. The Hall–Kier alpha value is -2.61. The van der Waals surface area contributed by atoms with Crippen molar-refractivity contribution in [1.29, 1.82) is 0 Å². The average molecular weight is 466 g/mol. The molecule has 5 unspecified atom stereocenters. The summed E-state index contributed by atoms with van der Waals surface area (Å²) in [5.41, 5.74) is -1.89. The van der Waals surface area contributed by atoms with Gasteiger partial charge in [-0.2, -0.15) is 13.2 Å². The molecule has 0 bridgehead atoms. The van der Waals surface area contributed by atoms with E-state index < -0.39 is 23.9 Å². The molecule has 0 saturated carbocycles. The summed E-state index contributed by atoms with van der Waals surface area (Å²) < 4.78 is 57.4. The lowest BCUT2D eigenvalue weighted by Crippen LogP contribution is -2.52. The van der Waals surface area contributed by atoms with Gasteiger partial charge in [-0.1, -0.05) is 55.5 Å². The largest absolute Gasteiger partial charge is 0.460 e. The van der Waals surface area contributed by atoms with E-state index in [1.165, 1.54) is 24.3 Å². The molecule has 1 aliphatic carbocycles. The Morgan fingerprint density at radius 1 is 1.21 bits per heavy atom. The normalized spacial score (nSPS) is 24.2. The van der Waals surface area contributed by atoms with Gasteiger partial charge in [0.25, 0.3) is 5.60 Å². The Balaban J connectivity index is 1.62. The molecule has 8 heteroatoms. The molecule has 0 spiro atoms. The van der Waals surface area contributed by atoms with Crippen LogP contribution in [0.3, 0.4) is 0 Å². The van der Waals surface area contributed by atoms with Crippen LogP contribution < -0.4 is 0 Å². The summed E-state index contributed by atoms with van der Waals surface area (Å²) in [6.07, 6.45) is -1.60. The lowest BCUT2D eigenvalue weighted by molar-refractivity contribution is -0.278. The van der Waals surface area contributed by atoms with Crippen LogP contribution in [0.15, 0.2) is 54.1 Å². The summed E-state index contributed by atoms with van der Waals surface area (Å²) in [6.45, 7) is 7.38. The number of carbonyl (C=O) groups is 2. The highest BCUT2D eigenvalue weighted by molar-refractivity contribution is 5.91. The summed E-state index contributed by atoms with van der Waals surface area (Å²) >= 11 is 0. The predicted molar refractivity (Wildman–Crippen MR) is 115 cm³/mol. The highest BCUT2D eigenvalue weighted by Gasteiger charge is 2.64. The quantitative estimate of drug-likeness (QED) is 0.297. The van der Waals surface area contributed by atoms with E-state index in [1.807, 2.05) is 6.92 Å². The summed E-state index contributed by atoms with van der Waals surface area (Å²) in [5.74, 6) is -1.73. The van der Waals surface area contributed by atoms with Crippen LogP contribution in [-0.2, 0) is 29.4 Å². The topological polar surface area (TPSA) is 61.8 Å². The number of alkyl halides is 3. The number of esters is 2. The minimum absolute atomic E-state index is 0.0100. The minimum Gasteiger partial charge on any atom is -0.460 e. The third-order valence-corrected chi connectivity index (χ3v) is 6.61. The van der Waals surface area contributed by atoms with E-state index in [0.29, 0.717) is 31.3 Å². The second-order valence-corrected chi connectivity index (χ2v) is 8.74. The van der Waals surface area contributed by atoms with Crippen LogP contribution in [0.25, 0.3) is 0 Å². The molecule has 5 nitrogen and oxygen atoms in total. The molecule has 33 heavy (non-hydrogen) atoms. The maximum absolute atomic E-state index is 14.0. The Bertz CT molecular complexity index is 924. The molecule has 5 atom stereocenters. The highest BCUT2D eigenvalue weighted by Crippen LogP contribution is 2.43. The third kappa shape index (κ3) is 4.86. The number of carbonyl (C=O) groups excluding carboxylic acids is 2. The van der Waals surface area contributed by atoms with Crippen molar-refractivity contribution < 1.29 is 37.0 Å². The Labute approximate surface area is 191 Å². The van der Waals surface area contributed by atoms with E-state index in [1.54, 1.807) is 13.0 Å². The van der Waals surface area contributed by atoms with E-state index in [2.05, 4.69) is 12.7 Å². The van der Waals surface area contributed by atoms with E-state index in [9.17, 15) is 22.8 Å². The van der Waals surface area contributed by atoms with Gasteiger partial charge in [0.05, 0.1) is 6.10 Å². The van der Waals surface area contributed by atoms with Gasteiger partial charge in [0.2, 0.25) is 0 Å². The first-order chi connectivity index (χ1) is 15.5. The van der Waals surface area contributed by atoms with Gasteiger partial charge >= 0.3 is 18.1 Å². The van der Waals surface area contributed by atoms with Crippen molar-refractivity contribution in [2.45, 2.75) is 63.5 Å². The molecule has 1 fully saturated rings. The number of ether oxygens (including phenoxy) is 3. The van der Waals surface area contributed by atoms with Crippen molar-refractivity contribution in [1.82, 2.24) is 0 Å². The summed E-state index contributed by atoms with van der Waals surface area (Å²) in [5, 5.41) is 0. The van der Waals surface area contributed by atoms with Gasteiger partial charge in [0, 0.05) is 30.6 Å². The monoisotopic (exact) mass is 466 g/mol. The van der Waals surface area contributed by atoms with Gasteiger partial charge in [-0.15, -0.1) is 0 Å². The fraction of sp³-hybridized carbons (Fsp3) is 0.520. The molecule has 180 valence electrons. The summed E-state index contributed by atoms with van der Waals surface area (Å²) in [6, 6.07) is 6.76. The van der Waals surface area contributed by atoms with Crippen LogP contribution in [0.4, 0.5) is 13.2 Å². The molecule has 0 aromatic heterocycles. The Morgan fingerprint density at radius 3 is 2.48 bits per heavy atom. The van der Waals surface area contributed by atoms with Crippen molar-refractivity contribution >= 4 is 11.9 Å². The Morgan fingerprint density at radius 2 is 1.88 bits per heavy atom. The van der Waals surface area contributed by atoms with Crippen molar-refractivity contribution in [3.05, 3.63) is 59.7 Å². The molecular weight excluding hydrogens is 437 g/mol. The van der Waals surface area contributed by atoms with Crippen LogP contribution in [0.5, 0.6) is 0 Å². The Kier molecular flexibility index (Phi) is 7.36. The lowest BCUT2D eigenvalue weighted by Gasteiger charge is -2.33. The van der Waals surface area contributed by atoms with Crippen LogP contribution in [0, 0.1) is 11.8 Å². The van der Waals surface area contributed by atoms with Gasteiger partial charge in [-0.3, -0.25) is 0 Å². The smallest absolute Gasteiger partial charge is 0.432 e. The highest BCUT2D eigenvalue weighted by atomic mass is 19.4. The number of benzene rings is 1. The number of methoxy groups -OCH3 is 1. The molecule has 3 rings (SSSR count). The fourth-order valence-electron chi connectivity index (χ4n) is 4.53. The zero-order chi connectivity index (χ0) is 24.4. The maximum atomic E-state index is 14.0. The molecule has 2 aliphatic rings. The molecule has 0 N–H and O–H groups in total. The first-order valence-electron chi connectivity index (χ1n) is 11.0. The van der Waals surface area contributed by atoms with Crippen molar-refractivity contribution in [3.8, 4) is 0 Å². The van der Waals surface area contributed by atoms with Gasteiger partial charge in [0.1, 0.15) is 6.10 Å². The van der Waals surface area contributed by atoms with Gasteiger partial charge in [-0.25, -0.2) is 9.59 Å². The zero-order valence-corrected chi connectivity index (χ0v) is 19.0. The van der Waals surface area contributed by atoms with Gasteiger partial charge in [0.15, 0.2) is 0 Å². The molecule has 1 heterocycles. The van der Waals surface area contributed by atoms with Crippen molar-refractivity contribution in [3.63, 3.8) is 0 Å². The molecule has 1 aromatic carbocycles. The van der Waals surface area contributed by atoms with Crippen molar-refractivity contribution in [2.24, 2.45) is 11.8 Å².